The van der Waals surface area contributed by atoms with Crippen molar-refractivity contribution in [1.82, 2.24) is 4.90 Å². The van der Waals surface area contributed by atoms with E-state index in [-0.39, 0.29) is 17.9 Å². The van der Waals surface area contributed by atoms with E-state index >= 15 is 0 Å². The van der Waals surface area contributed by atoms with Gasteiger partial charge in [-0.05, 0) is 24.3 Å². The number of nitriles is 1. The Morgan fingerprint density at radius 3 is 2.65 bits per heavy atom. The molecule has 2 rings (SSSR count). The normalized spacial score (nSPS) is 16.1. The van der Waals surface area contributed by atoms with E-state index in [4.69, 9.17) is 14.7 Å². The van der Waals surface area contributed by atoms with E-state index in [1.807, 2.05) is 6.92 Å². The molecular weight excluding hydrogens is 256 g/mol. The highest BCUT2D eigenvalue weighted by atomic mass is 16.5. The van der Waals surface area contributed by atoms with Gasteiger partial charge in [-0.2, -0.15) is 5.26 Å². The van der Waals surface area contributed by atoms with E-state index in [1.54, 1.807) is 36.3 Å². The SMILES string of the molecule is COC[C@@H](C)C(=O)N1CC(Oc2ccc(C#N)cc2)C1. The molecule has 1 aromatic carbocycles. The van der Waals surface area contributed by atoms with Gasteiger partial charge in [0.1, 0.15) is 11.9 Å². The Morgan fingerprint density at radius 1 is 1.45 bits per heavy atom. The molecule has 106 valence electrons. The average molecular weight is 274 g/mol. The summed E-state index contributed by atoms with van der Waals surface area (Å²) in [5.74, 6) is 0.716. The lowest BCUT2D eigenvalue weighted by Gasteiger charge is -2.40. The first-order valence-corrected chi connectivity index (χ1v) is 6.58. The molecule has 5 heteroatoms. The predicted octanol–water partition coefficient (Wildman–Crippen LogP) is 1.43. The second kappa shape index (κ2) is 6.40. The highest BCUT2D eigenvalue weighted by Gasteiger charge is 2.34. The zero-order valence-corrected chi connectivity index (χ0v) is 11.7. The van der Waals surface area contributed by atoms with E-state index in [9.17, 15) is 4.79 Å². The molecule has 0 spiro atoms. The summed E-state index contributed by atoms with van der Waals surface area (Å²) in [4.78, 5) is 13.7. The van der Waals surface area contributed by atoms with Crippen LogP contribution >= 0.6 is 0 Å². The summed E-state index contributed by atoms with van der Waals surface area (Å²) < 4.78 is 10.7. The summed E-state index contributed by atoms with van der Waals surface area (Å²) >= 11 is 0. The maximum atomic E-state index is 12.0. The molecule has 1 aliphatic rings. The molecule has 0 radical (unpaired) electrons. The third-order valence-electron chi connectivity index (χ3n) is 3.28. The first-order chi connectivity index (χ1) is 9.63. The van der Waals surface area contributed by atoms with Crippen molar-refractivity contribution in [2.75, 3.05) is 26.8 Å². The number of carbonyl (C=O) groups excluding carboxylic acids is 1. The van der Waals surface area contributed by atoms with Crippen LogP contribution in [-0.4, -0.2) is 43.7 Å². The Labute approximate surface area is 118 Å². The van der Waals surface area contributed by atoms with Crippen molar-refractivity contribution < 1.29 is 14.3 Å². The van der Waals surface area contributed by atoms with Crippen LogP contribution in [0, 0.1) is 17.2 Å². The van der Waals surface area contributed by atoms with Crippen LogP contribution in [0.4, 0.5) is 0 Å². The molecule has 1 amide bonds. The van der Waals surface area contributed by atoms with Gasteiger partial charge in [0.2, 0.25) is 5.91 Å². The van der Waals surface area contributed by atoms with E-state index < -0.39 is 0 Å². The van der Waals surface area contributed by atoms with Gasteiger partial charge in [-0.1, -0.05) is 6.92 Å². The van der Waals surface area contributed by atoms with Crippen molar-refractivity contribution in [2.45, 2.75) is 13.0 Å². The number of hydrogen-bond acceptors (Lipinski definition) is 4. The minimum atomic E-state index is -0.115. The quantitative estimate of drug-likeness (QED) is 0.815. The summed E-state index contributed by atoms with van der Waals surface area (Å²) in [5.41, 5.74) is 0.608. The molecule has 0 unspecified atom stereocenters. The van der Waals surface area contributed by atoms with Gasteiger partial charge in [-0.25, -0.2) is 0 Å². The van der Waals surface area contributed by atoms with Gasteiger partial charge in [0.05, 0.1) is 37.2 Å². The molecule has 0 bridgehead atoms. The maximum absolute atomic E-state index is 12.0. The molecule has 0 N–H and O–H groups in total. The summed E-state index contributed by atoms with van der Waals surface area (Å²) in [6.45, 7) is 3.51. The maximum Gasteiger partial charge on any atom is 0.227 e. The molecule has 5 nitrogen and oxygen atoms in total. The minimum Gasteiger partial charge on any atom is -0.487 e. The Kier molecular flexibility index (Phi) is 4.59. The molecule has 0 aromatic heterocycles. The van der Waals surface area contributed by atoms with Crippen LogP contribution in [0.1, 0.15) is 12.5 Å². The number of benzene rings is 1. The number of likely N-dealkylation sites (tertiary alicyclic amines) is 1. The van der Waals surface area contributed by atoms with Crippen molar-refractivity contribution >= 4 is 5.91 Å². The number of ether oxygens (including phenoxy) is 2. The molecule has 0 saturated carbocycles. The Morgan fingerprint density at radius 2 is 2.10 bits per heavy atom. The summed E-state index contributed by atoms with van der Waals surface area (Å²) in [7, 11) is 1.59. The number of methoxy groups -OCH3 is 1. The van der Waals surface area contributed by atoms with Crippen LogP contribution in [0.2, 0.25) is 0 Å². The molecule has 0 aliphatic carbocycles. The molecule has 1 fully saturated rings. The molecule has 1 aliphatic heterocycles. The van der Waals surface area contributed by atoms with Crippen LogP contribution in [0.15, 0.2) is 24.3 Å². The van der Waals surface area contributed by atoms with Crippen molar-refractivity contribution in [3.8, 4) is 11.8 Å². The topological polar surface area (TPSA) is 62.6 Å². The summed E-state index contributed by atoms with van der Waals surface area (Å²) in [5, 5.41) is 8.71. The molecule has 1 heterocycles. The first kappa shape index (κ1) is 14.4. The van der Waals surface area contributed by atoms with Gasteiger partial charge < -0.3 is 14.4 Å². The minimum absolute atomic E-state index is 0.0293. The van der Waals surface area contributed by atoms with Crippen molar-refractivity contribution in [2.24, 2.45) is 5.92 Å². The Bertz CT molecular complexity index is 501. The fourth-order valence-electron chi connectivity index (χ4n) is 2.13. The lowest BCUT2D eigenvalue weighted by molar-refractivity contribution is -0.145. The third kappa shape index (κ3) is 3.28. The first-order valence-electron chi connectivity index (χ1n) is 6.58. The second-order valence-electron chi connectivity index (χ2n) is 4.98. The van der Waals surface area contributed by atoms with Crippen LogP contribution in [0.25, 0.3) is 0 Å². The highest BCUT2D eigenvalue weighted by molar-refractivity contribution is 5.79. The number of amides is 1. The molecule has 1 atom stereocenters. The number of hydrogen-bond donors (Lipinski definition) is 0. The smallest absolute Gasteiger partial charge is 0.227 e. The average Bonchev–Trinajstić information content (AvgIpc) is 2.42. The van der Waals surface area contributed by atoms with E-state index in [0.29, 0.717) is 25.3 Å². The van der Waals surface area contributed by atoms with E-state index in [1.165, 1.54) is 0 Å². The van der Waals surface area contributed by atoms with Gasteiger partial charge in [0, 0.05) is 7.11 Å². The van der Waals surface area contributed by atoms with Crippen molar-refractivity contribution in [3.63, 3.8) is 0 Å². The fraction of sp³-hybridized carbons (Fsp3) is 0.467. The largest absolute Gasteiger partial charge is 0.487 e. The lowest BCUT2D eigenvalue weighted by Crippen LogP contribution is -2.57. The number of carbonyl (C=O) groups is 1. The fourth-order valence-corrected chi connectivity index (χ4v) is 2.13. The Hall–Kier alpha value is -2.06. The lowest BCUT2D eigenvalue weighted by atomic mass is 10.1. The monoisotopic (exact) mass is 274 g/mol. The van der Waals surface area contributed by atoms with Crippen LogP contribution in [-0.2, 0) is 9.53 Å². The van der Waals surface area contributed by atoms with Gasteiger partial charge in [0.25, 0.3) is 0 Å². The summed E-state index contributed by atoms with van der Waals surface area (Å²) in [6, 6.07) is 9.05. The number of nitrogens with zero attached hydrogens (tertiary/aromatic N) is 2. The van der Waals surface area contributed by atoms with E-state index in [2.05, 4.69) is 6.07 Å². The molecular formula is C15H18N2O3. The van der Waals surface area contributed by atoms with Gasteiger partial charge in [-0.15, -0.1) is 0 Å². The Balaban J connectivity index is 1.79. The molecule has 1 saturated heterocycles. The second-order valence-corrected chi connectivity index (χ2v) is 4.98. The van der Waals surface area contributed by atoms with Gasteiger partial charge >= 0.3 is 0 Å². The van der Waals surface area contributed by atoms with Gasteiger partial charge in [-0.3, -0.25) is 4.79 Å². The molecule has 1 aromatic rings. The van der Waals surface area contributed by atoms with E-state index in [0.717, 1.165) is 5.75 Å². The van der Waals surface area contributed by atoms with Crippen LogP contribution < -0.4 is 4.74 Å². The zero-order valence-electron chi connectivity index (χ0n) is 11.7. The van der Waals surface area contributed by atoms with Gasteiger partial charge in [0.15, 0.2) is 0 Å². The number of rotatable bonds is 5. The highest BCUT2D eigenvalue weighted by Crippen LogP contribution is 2.20. The zero-order chi connectivity index (χ0) is 14.5. The summed E-state index contributed by atoms with van der Waals surface area (Å²) in [6.07, 6.45) is 0.0293. The van der Waals surface area contributed by atoms with Crippen LogP contribution in [0.5, 0.6) is 5.75 Å². The van der Waals surface area contributed by atoms with Crippen molar-refractivity contribution in [1.29, 1.82) is 5.26 Å². The molecule has 20 heavy (non-hydrogen) atoms. The predicted molar refractivity (Wildman–Crippen MR) is 73.2 cm³/mol. The van der Waals surface area contributed by atoms with Crippen molar-refractivity contribution in [3.05, 3.63) is 29.8 Å². The third-order valence-corrected chi connectivity index (χ3v) is 3.28. The standard InChI is InChI=1S/C15H18N2O3/c1-11(10-19-2)15(18)17-8-14(9-17)20-13-5-3-12(7-16)4-6-13/h3-6,11,14H,8-10H2,1-2H3/t11-/m1/s1. The van der Waals surface area contributed by atoms with Crippen LogP contribution in [0.3, 0.4) is 0 Å².